The van der Waals surface area contributed by atoms with Crippen LogP contribution >= 0.6 is 17.0 Å². The number of allylic oxidation sites excluding steroid dienone is 1. The van der Waals surface area contributed by atoms with Crippen LogP contribution in [0, 0.1) is 11.6 Å². The van der Waals surface area contributed by atoms with Gasteiger partial charge in [-0.15, -0.1) is 0 Å². The van der Waals surface area contributed by atoms with E-state index in [9.17, 15) is 8.78 Å². The standard InChI is InChI=1S/C16H12F2.2ClH.Zr/c1-10-8-11-4-2-5-12(13(11)9-10)16-14(17)6-3-7-15(16)18;;;/h2-7,9H,8H2,1H3;2*1H;/q;;;+2/p-2. The maximum atomic E-state index is 13.8. The monoisotopic (exact) mass is 402 g/mol. The van der Waals surface area contributed by atoms with E-state index in [-0.39, 0.29) is 5.56 Å². The van der Waals surface area contributed by atoms with Crippen molar-refractivity contribution in [1.29, 1.82) is 0 Å². The molecule has 1 aliphatic rings. The molecule has 0 fully saturated rings. The van der Waals surface area contributed by atoms with Crippen LogP contribution < -0.4 is 0 Å². The molecular formula is C16H12Cl2F2Zr. The van der Waals surface area contributed by atoms with E-state index < -0.39 is 32.5 Å². The zero-order valence-electron chi connectivity index (χ0n) is 11.3. The molecule has 5 heteroatoms. The Bertz CT molecular complexity index is 664. The summed E-state index contributed by atoms with van der Waals surface area (Å²) < 4.78 is 27.7. The van der Waals surface area contributed by atoms with Crippen molar-refractivity contribution in [1.82, 2.24) is 0 Å². The van der Waals surface area contributed by atoms with E-state index in [4.69, 9.17) is 17.0 Å². The first-order valence-electron chi connectivity index (χ1n) is 6.28. The van der Waals surface area contributed by atoms with Gasteiger partial charge in [-0.05, 0) is 42.2 Å². The number of rotatable bonds is 1. The molecule has 0 atom stereocenters. The molecule has 0 spiro atoms. The minimum atomic E-state index is -0.826. The second-order valence-electron chi connectivity index (χ2n) is 4.71. The normalized spacial score (nSPS) is 12.1. The predicted octanol–water partition coefficient (Wildman–Crippen LogP) is 5.97. The summed E-state index contributed by atoms with van der Waals surface area (Å²) in [5.74, 6) is -1.03. The predicted molar refractivity (Wildman–Crippen MR) is 80.9 cm³/mol. The Balaban J connectivity index is 0.000000497. The Labute approximate surface area is 141 Å². The number of fused-ring (bicyclic) bond motifs is 1. The van der Waals surface area contributed by atoms with Gasteiger partial charge in [-0.1, -0.05) is 35.9 Å². The summed E-state index contributed by atoms with van der Waals surface area (Å²) in [6, 6.07) is 9.61. The number of benzene rings is 2. The number of halogens is 4. The van der Waals surface area contributed by atoms with Crippen molar-refractivity contribution in [2.24, 2.45) is 0 Å². The molecule has 0 unspecified atom stereocenters. The molecule has 2 aromatic carbocycles. The van der Waals surface area contributed by atoms with Crippen molar-refractivity contribution >= 4 is 23.1 Å². The Morgan fingerprint density at radius 1 is 1.00 bits per heavy atom. The number of hydrogen-bond acceptors (Lipinski definition) is 0. The number of hydrogen-bond donors (Lipinski definition) is 0. The van der Waals surface area contributed by atoms with Crippen LogP contribution in [0.15, 0.2) is 42.0 Å². The average molecular weight is 404 g/mol. The molecule has 0 aromatic heterocycles. The summed E-state index contributed by atoms with van der Waals surface area (Å²) in [5, 5.41) is 0. The third kappa shape index (κ3) is 3.83. The third-order valence-electron chi connectivity index (χ3n) is 3.29. The van der Waals surface area contributed by atoms with Crippen molar-refractivity contribution in [3.05, 3.63) is 64.7 Å². The quantitative estimate of drug-likeness (QED) is 0.550. The van der Waals surface area contributed by atoms with Gasteiger partial charge in [0.05, 0.1) is 5.56 Å². The fourth-order valence-corrected chi connectivity index (χ4v) is 2.51. The van der Waals surface area contributed by atoms with Gasteiger partial charge in [0, 0.05) is 0 Å². The zero-order valence-corrected chi connectivity index (χ0v) is 15.2. The van der Waals surface area contributed by atoms with Crippen molar-refractivity contribution in [2.45, 2.75) is 13.3 Å². The Hall–Kier alpha value is -0.497. The van der Waals surface area contributed by atoms with Crippen molar-refractivity contribution in [3.63, 3.8) is 0 Å². The fraction of sp³-hybridized carbons (Fsp3) is 0.125. The van der Waals surface area contributed by atoms with E-state index in [1.165, 1.54) is 23.8 Å². The molecule has 3 rings (SSSR count). The molecule has 1 aliphatic carbocycles. The first-order chi connectivity index (χ1) is 10.1. The summed E-state index contributed by atoms with van der Waals surface area (Å²) >= 11 is -0.826. The summed E-state index contributed by atoms with van der Waals surface area (Å²) in [4.78, 5) is 0. The van der Waals surface area contributed by atoms with Gasteiger partial charge in [-0.25, -0.2) is 8.78 Å². The molecule has 0 heterocycles. The molecule has 0 saturated heterocycles. The van der Waals surface area contributed by atoms with Crippen LogP contribution in [0.1, 0.15) is 18.1 Å². The Morgan fingerprint density at radius 3 is 2.19 bits per heavy atom. The minimum absolute atomic E-state index is 0.0697. The zero-order chi connectivity index (χ0) is 15.4. The Kier molecular flexibility index (Phi) is 6.16. The van der Waals surface area contributed by atoms with Crippen molar-refractivity contribution in [2.75, 3.05) is 0 Å². The van der Waals surface area contributed by atoms with Crippen LogP contribution in [-0.2, 0) is 27.3 Å². The molecular weight excluding hydrogens is 392 g/mol. The second kappa shape index (κ2) is 7.67. The fourth-order valence-electron chi connectivity index (χ4n) is 2.51. The van der Waals surface area contributed by atoms with Crippen LogP contribution in [0.5, 0.6) is 0 Å². The van der Waals surface area contributed by atoms with Gasteiger partial charge in [0.25, 0.3) is 0 Å². The third-order valence-corrected chi connectivity index (χ3v) is 3.29. The van der Waals surface area contributed by atoms with Crippen molar-refractivity contribution in [3.8, 4) is 11.1 Å². The Morgan fingerprint density at radius 2 is 1.57 bits per heavy atom. The molecule has 0 saturated carbocycles. The van der Waals surface area contributed by atoms with E-state index in [1.807, 2.05) is 25.1 Å². The molecule has 2 aromatic rings. The van der Waals surface area contributed by atoms with E-state index >= 15 is 0 Å². The van der Waals surface area contributed by atoms with Gasteiger partial charge in [0.1, 0.15) is 11.6 Å². The molecule has 108 valence electrons. The van der Waals surface area contributed by atoms with Gasteiger partial charge in [0.15, 0.2) is 0 Å². The van der Waals surface area contributed by atoms with Crippen molar-refractivity contribution < 1.29 is 29.6 Å². The summed E-state index contributed by atoms with van der Waals surface area (Å²) in [5.41, 5.74) is 4.00. The van der Waals surface area contributed by atoms with E-state index in [1.54, 1.807) is 6.07 Å². The van der Waals surface area contributed by atoms with Gasteiger partial charge < -0.3 is 0 Å². The van der Waals surface area contributed by atoms with Crippen LogP contribution in [0.25, 0.3) is 17.2 Å². The maximum absolute atomic E-state index is 13.8. The first-order valence-corrected chi connectivity index (χ1v) is 12.6. The summed E-state index contributed by atoms with van der Waals surface area (Å²) in [7, 11) is 9.87. The molecule has 0 nitrogen and oxygen atoms in total. The van der Waals surface area contributed by atoms with Gasteiger partial charge >= 0.3 is 37.9 Å². The average Bonchev–Trinajstić information content (AvgIpc) is 2.80. The second-order valence-corrected chi connectivity index (χ2v) is 8.45. The van der Waals surface area contributed by atoms with Crippen LogP contribution in [0.4, 0.5) is 8.78 Å². The summed E-state index contributed by atoms with van der Waals surface area (Å²) in [6.07, 6.45) is 2.87. The van der Waals surface area contributed by atoms with E-state index in [0.717, 1.165) is 17.5 Å². The molecule has 0 aliphatic heterocycles. The van der Waals surface area contributed by atoms with Gasteiger partial charge in [0.2, 0.25) is 0 Å². The van der Waals surface area contributed by atoms with E-state index in [0.29, 0.717) is 5.56 Å². The van der Waals surface area contributed by atoms with Crippen LogP contribution in [-0.4, -0.2) is 0 Å². The molecule has 0 radical (unpaired) electrons. The van der Waals surface area contributed by atoms with Crippen LogP contribution in [0.3, 0.4) is 0 Å². The topological polar surface area (TPSA) is 0 Å². The van der Waals surface area contributed by atoms with Crippen LogP contribution in [0.2, 0.25) is 0 Å². The van der Waals surface area contributed by atoms with Gasteiger partial charge in [-0.3, -0.25) is 0 Å². The first kappa shape index (κ1) is 16.9. The molecule has 21 heavy (non-hydrogen) atoms. The molecule has 0 N–H and O–H groups in total. The molecule has 0 bridgehead atoms. The SMILES string of the molecule is CC1=Cc2c(cccc2-c2c(F)cccc2F)C1.[Cl][Zr][Cl]. The van der Waals surface area contributed by atoms with E-state index in [2.05, 4.69) is 0 Å². The van der Waals surface area contributed by atoms with Gasteiger partial charge in [-0.2, -0.15) is 0 Å². The summed E-state index contributed by atoms with van der Waals surface area (Å²) in [6.45, 7) is 2.03. The molecule has 0 amide bonds.